The second-order valence-corrected chi connectivity index (χ2v) is 9.44. The van der Waals surface area contributed by atoms with E-state index in [0.717, 1.165) is 30.6 Å². The van der Waals surface area contributed by atoms with E-state index >= 15 is 0 Å². The second kappa shape index (κ2) is 8.33. The van der Waals surface area contributed by atoms with Crippen molar-refractivity contribution in [2.75, 3.05) is 7.05 Å². The maximum Gasteiger partial charge on any atom is 0.253 e. The molecule has 3 rings (SSSR count). The second-order valence-electron chi connectivity index (χ2n) is 6.64. The van der Waals surface area contributed by atoms with Crippen LogP contribution >= 0.6 is 11.3 Å². The molecule has 0 bridgehead atoms. The molecular weight excluding hydrogens is 368 g/mol. The zero-order valence-corrected chi connectivity index (χ0v) is 16.5. The summed E-state index contributed by atoms with van der Waals surface area (Å²) in [6, 6.07) is 10.3. The molecule has 1 N–H and O–H groups in total. The predicted octanol–water partition coefficient (Wildman–Crippen LogP) is 3.63. The van der Waals surface area contributed by atoms with E-state index in [-0.39, 0.29) is 23.4 Å². The number of thiophene rings is 1. The Morgan fingerprint density at radius 2 is 1.85 bits per heavy atom. The third-order valence-electron chi connectivity index (χ3n) is 4.87. The van der Waals surface area contributed by atoms with Crippen LogP contribution in [0.4, 0.5) is 0 Å². The summed E-state index contributed by atoms with van der Waals surface area (Å²) >= 11 is 1.50. The molecule has 1 saturated carbocycles. The number of hydrogen-bond donors (Lipinski definition) is 1. The lowest BCUT2D eigenvalue weighted by Crippen LogP contribution is -2.38. The Labute approximate surface area is 159 Å². The van der Waals surface area contributed by atoms with Gasteiger partial charge in [-0.15, -0.1) is 11.3 Å². The number of nitrogens with one attached hydrogen (secondary N) is 1. The fourth-order valence-corrected chi connectivity index (χ4v) is 5.02. The summed E-state index contributed by atoms with van der Waals surface area (Å²) < 4.78 is 27.4. The summed E-state index contributed by atoms with van der Waals surface area (Å²) in [5.41, 5.74) is 0.523. The number of rotatable bonds is 6. The average molecular weight is 393 g/mol. The minimum Gasteiger partial charge on any atom is -0.339 e. The van der Waals surface area contributed by atoms with Gasteiger partial charge in [-0.25, -0.2) is 13.1 Å². The van der Waals surface area contributed by atoms with Gasteiger partial charge in [0.1, 0.15) is 0 Å². The molecule has 7 heteroatoms. The van der Waals surface area contributed by atoms with Crippen molar-refractivity contribution in [1.29, 1.82) is 0 Å². The van der Waals surface area contributed by atoms with Crippen LogP contribution in [0.3, 0.4) is 0 Å². The van der Waals surface area contributed by atoms with Gasteiger partial charge in [0, 0.05) is 30.1 Å². The van der Waals surface area contributed by atoms with Crippen molar-refractivity contribution in [3.63, 3.8) is 0 Å². The molecule has 1 amide bonds. The molecule has 1 aromatic heterocycles. The van der Waals surface area contributed by atoms with Gasteiger partial charge in [-0.2, -0.15) is 0 Å². The van der Waals surface area contributed by atoms with Gasteiger partial charge in [-0.05, 0) is 48.6 Å². The molecule has 1 aliphatic carbocycles. The third kappa shape index (κ3) is 4.52. The zero-order valence-electron chi connectivity index (χ0n) is 14.8. The number of sulfonamides is 1. The van der Waals surface area contributed by atoms with E-state index in [1.165, 1.54) is 29.9 Å². The molecule has 0 saturated heterocycles. The van der Waals surface area contributed by atoms with Gasteiger partial charge in [0.15, 0.2) is 0 Å². The van der Waals surface area contributed by atoms with Crippen molar-refractivity contribution in [1.82, 2.24) is 9.62 Å². The van der Waals surface area contributed by atoms with Gasteiger partial charge in [-0.3, -0.25) is 4.79 Å². The maximum atomic E-state index is 12.6. The van der Waals surface area contributed by atoms with Crippen molar-refractivity contribution in [3.8, 4) is 0 Å². The number of amides is 1. The van der Waals surface area contributed by atoms with E-state index in [2.05, 4.69) is 4.72 Å². The first kappa shape index (κ1) is 19.1. The Balaban J connectivity index is 1.66. The number of carbonyl (C=O) groups excluding carboxylic acids is 1. The molecule has 140 valence electrons. The van der Waals surface area contributed by atoms with E-state index < -0.39 is 10.0 Å². The van der Waals surface area contributed by atoms with Crippen LogP contribution in [0.2, 0.25) is 0 Å². The molecule has 2 aromatic rings. The smallest absolute Gasteiger partial charge is 0.253 e. The highest BCUT2D eigenvalue weighted by Crippen LogP contribution is 2.23. The molecular formula is C19H24N2O3S2. The van der Waals surface area contributed by atoms with Gasteiger partial charge >= 0.3 is 0 Å². The largest absolute Gasteiger partial charge is 0.339 e. The van der Waals surface area contributed by atoms with Crippen LogP contribution < -0.4 is 4.72 Å². The fourth-order valence-electron chi connectivity index (χ4n) is 3.28. The lowest BCUT2D eigenvalue weighted by Gasteiger charge is -2.31. The lowest BCUT2D eigenvalue weighted by molar-refractivity contribution is 0.0696. The van der Waals surface area contributed by atoms with Gasteiger partial charge < -0.3 is 4.90 Å². The van der Waals surface area contributed by atoms with Gasteiger partial charge in [0.05, 0.1) is 4.90 Å². The number of carbonyl (C=O) groups is 1. The maximum absolute atomic E-state index is 12.6. The molecule has 1 aromatic carbocycles. The third-order valence-corrected chi connectivity index (χ3v) is 7.16. The van der Waals surface area contributed by atoms with E-state index in [9.17, 15) is 13.2 Å². The summed E-state index contributed by atoms with van der Waals surface area (Å²) in [5.74, 6) is -0.0487. The molecule has 0 unspecified atom stereocenters. The summed E-state index contributed by atoms with van der Waals surface area (Å²) in [6.45, 7) is 0.269. The average Bonchev–Trinajstić information content (AvgIpc) is 3.20. The highest BCUT2D eigenvalue weighted by atomic mass is 32.2. The SMILES string of the molecule is CN(C(=O)c1ccc(S(=O)(=O)NCc2cccs2)cc1)C1CCCCC1. The minimum atomic E-state index is -3.59. The molecule has 0 radical (unpaired) electrons. The highest BCUT2D eigenvalue weighted by Gasteiger charge is 2.23. The minimum absolute atomic E-state index is 0.0487. The summed E-state index contributed by atoms with van der Waals surface area (Å²) in [6.07, 6.45) is 5.65. The summed E-state index contributed by atoms with van der Waals surface area (Å²) in [4.78, 5) is 15.6. The molecule has 0 spiro atoms. The van der Waals surface area contributed by atoms with Crippen molar-refractivity contribution in [3.05, 3.63) is 52.2 Å². The molecule has 5 nitrogen and oxygen atoms in total. The molecule has 26 heavy (non-hydrogen) atoms. The zero-order chi connectivity index (χ0) is 18.6. The van der Waals surface area contributed by atoms with Crippen molar-refractivity contribution >= 4 is 27.3 Å². The number of hydrogen-bond acceptors (Lipinski definition) is 4. The summed E-state index contributed by atoms with van der Waals surface area (Å²) in [7, 11) is -1.75. The molecule has 0 aliphatic heterocycles. The van der Waals surface area contributed by atoms with E-state index in [4.69, 9.17) is 0 Å². The van der Waals surface area contributed by atoms with Gasteiger partial charge in [0.2, 0.25) is 10.0 Å². The van der Waals surface area contributed by atoms with E-state index in [1.54, 1.807) is 17.0 Å². The fraction of sp³-hybridized carbons (Fsp3) is 0.421. The van der Waals surface area contributed by atoms with Gasteiger partial charge in [-0.1, -0.05) is 25.3 Å². The Morgan fingerprint density at radius 3 is 2.46 bits per heavy atom. The molecule has 1 aliphatic rings. The monoisotopic (exact) mass is 392 g/mol. The summed E-state index contributed by atoms with van der Waals surface area (Å²) in [5, 5.41) is 1.91. The Hall–Kier alpha value is -1.70. The predicted molar refractivity (Wildman–Crippen MR) is 104 cm³/mol. The normalized spacial score (nSPS) is 15.7. The quantitative estimate of drug-likeness (QED) is 0.816. The van der Waals surface area contributed by atoms with Crippen molar-refractivity contribution in [2.24, 2.45) is 0 Å². The standard InChI is InChI=1S/C19H24N2O3S2/c1-21(16-6-3-2-4-7-16)19(22)15-9-11-18(12-10-15)26(23,24)20-14-17-8-5-13-25-17/h5,8-13,16,20H,2-4,6-7,14H2,1H3. The number of benzene rings is 1. The first-order chi connectivity index (χ1) is 12.5. The highest BCUT2D eigenvalue weighted by molar-refractivity contribution is 7.89. The van der Waals surface area contributed by atoms with Crippen LogP contribution in [0, 0.1) is 0 Å². The Bertz CT molecular complexity index is 824. The number of nitrogens with zero attached hydrogens (tertiary/aromatic N) is 1. The van der Waals surface area contributed by atoms with Crippen LogP contribution in [0.25, 0.3) is 0 Å². The van der Waals surface area contributed by atoms with Crippen molar-refractivity contribution in [2.45, 2.75) is 49.6 Å². The molecule has 0 atom stereocenters. The van der Waals surface area contributed by atoms with Crippen LogP contribution in [0.15, 0.2) is 46.7 Å². The Morgan fingerprint density at radius 1 is 1.15 bits per heavy atom. The molecule has 1 fully saturated rings. The first-order valence-corrected chi connectivity index (χ1v) is 11.2. The first-order valence-electron chi connectivity index (χ1n) is 8.86. The van der Waals surface area contributed by atoms with E-state index in [0.29, 0.717) is 5.56 Å². The Kier molecular flexibility index (Phi) is 6.11. The van der Waals surface area contributed by atoms with Crippen molar-refractivity contribution < 1.29 is 13.2 Å². The van der Waals surface area contributed by atoms with E-state index in [1.807, 2.05) is 24.6 Å². The topological polar surface area (TPSA) is 66.5 Å². The van der Waals surface area contributed by atoms with Crippen LogP contribution in [-0.2, 0) is 16.6 Å². The van der Waals surface area contributed by atoms with Crippen LogP contribution in [0.5, 0.6) is 0 Å². The van der Waals surface area contributed by atoms with Gasteiger partial charge in [0.25, 0.3) is 5.91 Å². The molecule has 1 heterocycles. The van der Waals surface area contributed by atoms with Crippen LogP contribution in [0.1, 0.15) is 47.3 Å². The van der Waals surface area contributed by atoms with Crippen LogP contribution in [-0.4, -0.2) is 32.3 Å². The lowest BCUT2D eigenvalue weighted by atomic mass is 9.94.